The fourth-order valence-corrected chi connectivity index (χ4v) is 5.59. The number of nitrogens with zero attached hydrogens (tertiary/aromatic N) is 4. The van der Waals surface area contributed by atoms with Crippen LogP contribution in [0.25, 0.3) is 5.65 Å². The van der Waals surface area contributed by atoms with E-state index in [0.717, 1.165) is 0 Å². The minimum atomic E-state index is -0.583. The van der Waals surface area contributed by atoms with Crippen molar-refractivity contribution in [2.75, 3.05) is 31.6 Å². The molecule has 4 heterocycles. The number of ether oxygens (including phenoxy) is 2. The van der Waals surface area contributed by atoms with E-state index in [9.17, 15) is 18.4 Å². The standard InChI is InChI=1S/C29H27F2N5O4/c1-3-39-28(38)20-15-33-36-25(20)32-14-19(26(36)34-22-8-7-18(30)13-17(22)2)27(37)35-11-9-29(10-12-35)16-40-23-6-4-5-21(31)24(23)29/h4-8,13-15,34H,3,9-12,16H2,1-2H3. The number of rotatable bonds is 5. The lowest BCUT2D eigenvalue weighted by Crippen LogP contribution is -2.46. The van der Waals surface area contributed by atoms with Gasteiger partial charge in [0.15, 0.2) is 5.65 Å². The van der Waals surface area contributed by atoms with Gasteiger partial charge >= 0.3 is 5.97 Å². The minimum Gasteiger partial charge on any atom is -0.492 e. The molecule has 1 spiro atoms. The summed E-state index contributed by atoms with van der Waals surface area (Å²) in [6, 6.07) is 9.10. The zero-order chi connectivity index (χ0) is 28.0. The molecule has 0 radical (unpaired) electrons. The Hall–Kier alpha value is -4.54. The second kappa shape index (κ2) is 9.89. The molecule has 2 aliphatic heterocycles. The predicted molar refractivity (Wildman–Crippen MR) is 142 cm³/mol. The molecule has 2 aromatic heterocycles. The van der Waals surface area contributed by atoms with E-state index >= 15 is 0 Å². The van der Waals surface area contributed by atoms with E-state index in [4.69, 9.17) is 9.47 Å². The average Bonchev–Trinajstić information content (AvgIpc) is 3.54. The molecule has 0 bridgehead atoms. The molecule has 11 heteroatoms. The first-order valence-electron chi connectivity index (χ1n) is 13.1. The van der Waals surface area contributed by atoms with Crippen LogP contribution in [0.2, 0.25) is 0 Å². The van der Waals surface area contributed by atoms with Gasteiger partial charge in [-0.3, -0.25) is 4.79 Å². The Balaban J connectivity index is 1.35. The Kier molecular flexibility index (Phi) is 6.36. The van der Waals surface area contributed by atoms with Gasteiger partial charge in [-0.05, 0) is 62.6 Å². The number of aromatic nitrogens is 3. The molecule has 0 saturated carbocycles. The molecule has 1 amide bonds. The Bertz CT molecular complexity index is 1650. The molecule has 0 aliphatic carbocycles. The summed E-state index contributed by atoms with van der Waals surface area (Å²) in [6.07, 6.45) is 3.82. The average molecular weight is 548 g/mol. The van der Waals surface area contributed by atoms with Crippen LogP contribution in [-0.2, 0) is 10.2 Å². The van der Waals surface area contributed by atoms with Crippen LogP contribution in [-0.4, -0.2) is 57.7 Å². The van der Waals surface area contributed by atoms with Crippen molar-refractivity contribution in [3.8, 4) is 5.75 Å². The van der Waals surface area contributed by atoms with Gasteiger partial charge < -0.3 is 19.7 Å². The molecule has 1 fully saturated rings. The summed E-state index contributed by atoms with van der Waals surface area (Å²) in [4.78, 5) is 32.5. The highest BCUT2D eigenvalue weighted by molar-refractivity contribution is 6.01. The van der Waals surface area contributed by atoms with Crippen molar-refractivity contribution >= 4 is 29.0 Å². The van der Waals surface area contributed by atoms with Crippen molar-refractivity contribution in [3.63, 3.8) is 0 Å². The summed E-state index contributed by atoms with van der Waals surface area (Å²) in [5.41, 5.74) is 1.86. The zero-order valence-electron chi connectivity index (χ0n) is 22.0. The van der Waals surface area contributed by atoms with Crippen LogP contribution in [0.1, 0.15) is 51.6 Å². The highest BCUT2D eigenvalue weighted by Crippen LogP contribution is 2.47. The first-order valence-corrected chi connectivity index (χ1v) is 13.1. The van der Waals surface area contributed by atoms with Crippen LogP contribution in [0.5, 0.6) is 5.75 Å². The molecule has 9 nitrogen and oxygen atoms in total. The molecule has 1 saturated heterocycles. The van der Waals surface area contributed by atoms with E-state index in [1.54, 1.807) is 36.9 Å². The van der Waals surface area contributed by atoms with Gasteiger partial charge in [-0.25, -0.2) is 18.6 Å². The number of esters is 1. The second-order valence-corrected chi connectivity index (χ2v) is 10.1. The SMILES string of the molecule is CCOC(=O)c1cnn2c(Nc3ccc(F)cc3C)c(C(=O)N3CCC4(CC3)COc3cccc(F)c34)cnc12. The summed E-state index contributed by atoms with van der Waals surface area (Å²) in [7, 11) is 0. The summed E-state index contributed by atoms with van der Waals surface area (Å²) in [6.45, 7) is 4.77. The van der Waals surface area contributed by atoms with E-state index in [2.05, 4.69) is 15.4 Å². The lowest BCUT2D eigenvalue weighted by atomic mass is 9.74. The number of nitrogens with one attached hydrogen (secondary N) is 1. The number of anilines is 2. The van der Waals surface area contributed by atoms with Crippen LogP contribution in [0, 0.1) is 18.6 Å². The number of carbonyl (C=O) groups is 2. The first-order chi connectivity index (χ1) is 19.3. The van der Waals surface area contributed by atoms with Crippen molar-refractivity contribution in [2.45, 2.75) is 32.1 Å². The summed E-state index contributed by atoms with van der Waals surface area (Å²) < 4.78 is 40.9. The number of carbonyl (C=O) groups excluding carboxylic acids is 2. The minimum absolute atomic E-state index is 0.154. The number of amides is 1. The van der Waals surface area contributed by atoms with Crippen molar-refractivity contribution in [2.24, 2.45) is 0 Å². The molecule has 2 aliphatic rings. The number of benzene rings is 2. The highest BCUT2D eigenvalue weighted by atomic mass is 19.1. The second-order valence-electron chi connectivity index (χ2n) is 10.1. The van der Waals surface area contributed by atoms with Crippen LogP contribution < -0.4 is 10.1 Å². The molecular formula is C29H27F2N5O4. The van der Waals surface area contributed by atoms with Gasteiger partial charge in [0.25, 0.3) is 5.91 Å². The zero-order valence-corrected chi connectivity index (χ0v) is 22.0. The van der Waals surface area contributed by atoms with E-state index < -0.39 is 11.4 Å². The van der Waals surface area contributed by atoms with Gasteiger partial charge in [-0.1, -0.05) is 6.07 Å². The largest absolute Gasteiger partial charge is 0.492 e. The summed E-state index contributed by atoms with van der Waals surface area (Å²) in [5, 5.41) is 7.54. The van der Waals surface area contributed by atoms with Gasteiger partial charge in [-0.15, -0.1) is 0 Å². The maximum atomic E-state index is 14.8. The third-order valence-electron chi connectivity index (χ3n) is 7.71. The van der Waals surface area contributed by atoms with E-state index in [-0.39, 0.29) is 46.7 Å². The fraction of sp³-hybridized carbons (Fsp3) is 0.310. The van der Waals surface area contributed by atoms with Crippen LogP contribution in [0.3, 0.4) is 0 Å². The molecule has 2 aromatic carbocycles. The third kappa shape index (κ3) is 4.21. The summed E-state index contributed by atoms with van der Waals surface area (Å²) in [5.74, 6) is -0.721. The van der Waals surface area contributed by atoms with Gasteiger partial charge in [0.05, 0.1) is 19.4 Å². The van der Waals surface area contributed by atoms with Gasteiger partial charge in [-0.2, -0.15) is 9.61 Å². The molecule has 206 valence electrons. The highest BCUT2D eigenvalue weighted by Gasteiger charge is 2.46. The van der Waals surface area contributed by atoms with E-state index in [1.165, 1.54) is 35.1 Å². The van der Waals surface area contributed by atoms with Gasteiger partial charge in [0.2, 0.25) is 0 Å². The molecule has 0 unspecified atom stereocenters. The Morgan fingerprint density at radius 3 is 2.67 bits per heavy atom. The number of piperidine rings is 1. The molecule has 6 rings (SSSR count). The normalized spacial score (nSPS) is 15.7. The van der Waals surface area contributed by atoms with Crippen molar-refractivity contribution in [1.82, 2.24) is 19.5 Å². The molecule has 1 N–H and O–H groups in total. The lowest BCUT2D eigenvalue weighted by molar-refractivity contribution is 0.0528. The van der Waals surface area contributed by atoms with Crippen LogP contribution in [0.4, 0.5) is 20.3 Å². The topological polar surface area (TPSA) is 98.1 Å². The van der Waals surface area contributed by atoms with Crippen LogP contribution >= 0.6 is 0 Å². The first kappa shape index (κ1) is 25.7. The maximum absolute atomic E-state index is 14.8. The van der Waals surface area contributed by atoms with Crippen molar-refractivity contribution < 1.29 is 27.8 Å². The summed E-state index contributed by atoms with van der Waals surface area (Å²) >= 11 is 0. The Morgan fingerprint density at radius 1 is 1.12 bits per heavy atom. The number of likely N-dealkylation sites (tertiary alicyclic amines) is 1. The van der Waals surface area contributed by atoms with E-state index in [0.29, 0.717) is 55.1 Å². The van der Waals surface area contributed by atoms with Gasteiger partial charge in [0, 0.05) is 36.0 Å². The molecule has 4 aromatic rings. The Morgan fingerprint density at radius 2 is 1.93 bits per heavy atom. The number of hydrogen-bond donors (Lipinski definition) is 1. The van der Waals surface area contributed by atoms with Gasteiger partial charge in [0.1, 0.15) is 34.3 Å². The lowest BCUT2D eigenvalue weighted by Gasteiger charge is -2.38. The smallest absolute Gasteiger partial charge is 0.343 e. The number of fused-ring (bicyclic) bond motifs is 3. The molecular weight excluding hydrogens is 520 g/mol. The van der Waals surface area contributed by atoms with Crippen molar-refractivity contribution in [1.29, 1.82) is 0 Å². The molecule has 0 atom stereocenters. The number of aryl methyl sites for hydroxylation is 1. The maximum Gasteiger partial charge on any atom is 0.343 e. The molecule has 40 heavy (non-hydrogen) atoms. The quantitative estimate of drug-likeness (QED) is 0.359. The number of halogens is 2. The number of hydrogen-bond acceptors (Lipinski definition) is 7. The monoisotopic (exact) mass is 547 g/mol. The van der Waals surface area contributed by atoms with Crippen LogP contribution in [0.15, 0.2) is 48.8 Å². The third-order valence-corrected chi connectivity index (χ3v) is 7.71. The predicted octanol–water partition coefficient (Wildman–Crippen LogP) is 4.80. The Labute approximate surface area is 228 Å². The fourth-order valence-electron chi connectivity index (χ4n) is 5.59. The van der Waals surface area contributed by atoms with Crippen molar-refractivity contribution in [3.05, 3.63) is 82.7 Å². The van der Waals surface area contributed by atoms with E-state index in [1.807, 2.05) is 0 Å².